The molecule has 2 N–H and O–H groups in total. The lowest BCUT2D eigenvalue weighted by Gasteiger charge is -2.11. The molecule has 0 fully saturated rings. The minimum absolute atomic E-state index is 0.122. The minimum atomic E-state index is -0.179. The van der Waals surface area contributed by atoms with Gasteiger partial charge in [-0.15, -0.1) is 0 Å². The van der Waals surface area contributed by atoms with Crippen molar-refractivity contribution >= 4 is 28.9 Å². The van der Waals surface area contributed by atoms with Crippen molar-refractivity contribution < 1.29 is 14.3 Å². The number of methoxy groups -OCH3 is 1. The molecule has 0 aliphatic heterocycles. The monoisotopic (exact) mass is 410 g/mol. The standard InChI is InChI=1S/C23H23ClN2O3/c1-28-22-11-10-19(15-21(22)24)26-23(27)16-25-18-8-5-9-20(14-18)29-13-12-17-6-3-2-4-7-17/h2-11,14-15,25H,12-13,16H2,1H3,(H,26,27). The molecule has 0 radical (unpaired) electrons. The maximum atomic E-state index is 12.2. The van der Waals surface area contributed by atoms with E-state index in [2.05, 4.69) is 22.8 Å². The van der Waals surface area contributed by atoms with E-state index in [0.717, 1.165) is 17.9 Å². The molecule has 0 atom stereocenters. The topological polar surface area (TPSA) is 59.6 Å². The molecule has 0 aliphatic carbocycles. The van der Waals surface area contributed by atoms with E-state index in [0.29, 0.717) is 23.1 Å². The number of nitrogens with one attached hydrogen (secondary N) is 2. The molecule has 0 unspecified atom stereocenters. The number of carbonyl (C=O) groups is 1. The Labute approximate surface area is 175 Å². The summed E-state index contributed by atoms with van der Waals surface area (Å²) in [5.41, 5.74) is 2.66. The third kappa shape index (κ3) is 6.43. The Balaban J connectivity index is 1.47. The van der Waals surface area contributed by atoms with Gasteiger partial charge in [-0.1, -0.05) is 48.0 Å². The van der Waals surface area contributed by atoms with Gasteiger partial charge in [0.15, 0.2) is 0 Å². The average Bonchev–Trinajstić information content (AvgIpc) is 2.74. The maximum absolute atomic E-state index is 12.2. The Morgan fingerprint density at radius 3 is 2.55 bits per heavy atom. The SMILES string of the molecule is COc1ccc(NC(=O)CNc2cccc(OCCc3ccccc3)c2)cc1Cl. The number of anilines is 2. The molecular formula is C23H23ClN2O3. The van der Waals surface area contributed by atoms with Gasteiger partial charge in [0.25, 0.3) is 0 Å². The summed E-state index contributed by atoms with van der Waals surface area (Å²) in [7, 11) is 1.54. The summed E-state index contributed by atoms with van der Waals surface area (Å²) in [5.74, 6) is 1.14. The molecule has 1 amide bonds. The highest BCUT2D eigenvalue weighted by atomic mass is 35.5. The van der Waals surface area contributed by atoms with Crippen LogP contribution in [0.25, 0.3) is 0 Å². The summed E-state index contributed by atoms with van der Waals surface area (Å²) in [6, 6.07) is 22.9. The lowest BCUT2D eigenvalue weighted by Crippen LogP contribution is -2.21. The molecular weight excluding hydrogens is 388 g/mol. The van der Waals surface area contributed by atoms with Gasteiger partial charge in [-0.3, -0.25) is 4.79 Å². The van der Waals surface area contributed by atoms with Crippen molar-refractivity contribution in [2.75, 3.05) is 30.9 Å². The second-order valence-corrected chi connectivity index (χ2v) is 6.77. The number of benzene rings is 3. The van der Waals surface area contributed by atoms with Gasteiger partial charge >= 0.3 is 0 Å². The number of carbonyl (C=O) groups excluding carboxylic acids is 1. The molecule has 3 aromatic rings. The van der Waals surface area contributed by atoms with Crippen LogP contribution >= 0.6 is 11.6 Å². The first-order valence-electron chi connectivity index (χ1n) is 9.28. The first-order chi connectivity index (χ1) is 14.1. The molecule has 0 saturated carbocycles. The van der Waals surface area contributed by atoms with Gasteiger partial charge in [0.05, 0.1) is 25.3 Å². The van der Waals surface area contributed by atoms with Gasteiger partial charge in [-0.05, 0) is 35.9 Å². The number of halogens is 1. The number of ether oxygens (including phenoxy) is 2. The van der Waals surface area contributed by atoms with Crippen LogP contribution in [0.4, 0.5) is 11.4 Å². The third-order valence-corrected chi connectivity index (χ3v) is 4.52. The normalized spacial score (nSPS) is 10.3. The predicted molar refractivity (Wildman–Crippen MR) is 117 cm³/mol. The van der Waals surface area contributed by atoms with Crippen molar-refractivity contribution in [3.05, 3.63) is 83.4 Å². The Kier molecular flexibility index (Phi) is 7.36. The smallest absolute Gasteiger partial charge is 0.243 e. The molecule has 29 heavy (non-hydrogen) atoms. The number of amides is 1. The van der Waals surface area contributed by atoms with Crippen LogP contribution in [-0.2, 0) is 11.2 Å². The first-order valence-corrected chi connectivity index (χ1v) is 9.66. The zero-order valence-electron chi connectivity index (χ0n) is 16.2. The van der Waals surface area contributed by atoms with Crippen LogP contribution in [0.2, 0.25) is 5.02 Å². The lowest BCUT2D eigenvalue weighted by atomic mass is 10.2. The Bertz CT molecular complexity index is 948. The van der Waals surface area contributed by atoms with Crippen LogP contribution in [0.1, 0.15) is 5.56 Å². The summed E-state index contributed by atoms with van der Waals surface area (Å²) < 4.78 is 10.9. The lowest BCUT2D eigenvalue weighted by molar-refractivity contribution is -0.114. The summed E-state index contributed by atoms with van der Waals surface area (Å²) in [4.78, 5) is 12.2. The molecule has 150 valence electrons. The van der Waals surface area contributed by atoms with Crippen LogP contribution < -0.4 is 20.1 Å². The molecule has 0 saturated heterocycles. The van der Waals surface area contributed by atoms with Gasteiger partial charge in [0, 0.05) is 23.9 Å². The molecule has 0 heterocycles. The summed E-state index contributed by atoms with van der Waals surface area (Å²) in [6.07, 6.45) is 0.839. The van der Waals surface area contributed by atoms with Crippen LogP contribution in [0.15, 0.2) is 72.8 Å². The fraction of sp³-hybridized carbons (Fsp3) is 0.174. The number of hydrogen-bond acceptors (Lipinski definition) is 4. The summed E-state index contributed by atoms with van der Waals surface area (Å²) in [5, 5.41) is 6.34. The minimum Gasteiger partial charge on any atom is -0.495 e. The van der Waals surface area contributed by atoms with Gasteiger partial charge < -0.3 is 20.1 Å². The van der Waals surface area contributed by atoms with Crippen molar-refractivity contribution in [3.63, 3.8) is 0 Å². The molecule has 3 aromatic carbocycles. The van der Waals surface area contributed by atoms with Gasteiger partial charge in [0.1, 0.15) is 11.5 Å². The van der Waals surface area contributed by atoms with E-state index in [1.54, 1.807) is 25.3 Å². The van der Waals surface area contributed by atoms with Crippen molar-refractivity contribution in [2.24, 2.45) is 0 Å². The first kappa shape index (κ1) is 20.6. The van der Waals surface area contributed by atoms with Crippen LogP contribution in [-0.4, -0.2) is 26.2 Å². The average molecular weight is 411 g/mol. The highest BCUT2D eigenvalue weighted by molar-refractivity contribution is 6.32. The fourth-order valence-electron chi connectivity index (χ4n) is 2.76. The van der Waals surface area contributed by atoms with Crippen LogP contribution in [0, 0.1) is 0 Å². The van der Waals surface area contributed by atoms with E-state index in [4.69, 9.17) is 21.1 Å². The van der Waals surface area contributed by atoms with E-state index < -0.39 is 0 Å². The fourth-order valence-corrected chi connectivity index (χ4v) is 3.02. The molecule has 6 heteroatoms. The van der Waals surface area contributed by atoms with E-state index >= 15 is 0 Å². The quantitative estimate of drug-likeness (QED) is 0.520. The predicted octanol–water partition coefficient (Wildman–Crippen LogP) is 5.02. The van der Waals surface area contributed by atoms with Crippen LogP contribution in [0.3, 0.4) is 0 Å². The van der Waals surface area contributed by atoms with Gasteiger partial charge in [-0.25, -0.2) is 0 Å². The summed E-state index contributed by atoms with van der Waals surface area (Å²) >= 11 is 6.08. The van der Waals surface area contributed by atoms with Gasteiger partial charge in [0.2, 0.25) is 5.91 Å². The largest absolute Gasteiger partial charge is 0.495 e. The molecule has 0 aromatic heterocycles. The maximum Gasteiger partial charge on any atom is 0.243 e. The van der Waals surface area contributed by atoms with E-state index in [9.17, 15) is 4.79 Å². The number of hydrogen-bond donors (Lipinski definition) is 2. The Morgan fingerprint density at radius 1 is 0.966 bits per heavy atom. The molecule has 5 nitrogen and oxygen atoms in total. The molecule has 0 bridgehead atoms. The Hall–Kier alpha value is -3.18. The van der Waals surface area contributed by atoms with Crippen molar-refractivity contribution in [1.29, 1.82) is 0 Å². The second kappa shape index (κ2) is 10.4. The molecule has 0 spiro atoms. The zero-order chi connectivity index (χ0) is 20.5. The second-order valence-electron chi connectivity index (χ2n) is 6.36. The van der Waals surface area contributed by atoms with E-state index in [1.165, 1.54) is 5.56 Å². The van der Waals surface area contributed by atoms with Crippen molar-refractivity contribution in [3.8, 4) is 11.5 Å². The third-order valence-electron chi connectivity index (χ3n) is 4.22. The van der Waals surface area contributed by atoms with Gasteiger partial charge in [-0.2, -0.15) is 0 Å². The van der Waals surface area contributed by atoms with Crippen molar-refractivity contribution in [2.45, 2.75) is 6.42 Å². The summed E-state index contributed by atoms with van der Waals surface area (Å²) in [6.45, 7) is 0.712. The zero-order valence-corrected chi connectivity index (χ0v) is 16.9. The van der Waals surface area contributed by atoms with Crippen molar-refractivity contribution in [1.82, 2.24) is 0 Å². The Morgan fingerprint density at radius 2 is 1.79 bits per heavy atom. The number of rotatable bonds is 9. The van der Waals surface area contributed by atoms with E-state index in [-0.39, 0.29) is 12.5 Å². The van der Waals surface area contributed by atoms with Crippen LogP contribution in [0.5, 0.6) is 11.5 Å². The molecule has 0 aliphatic rings. The highest BCUT2D eigenvalue weighted by Gasteiger charge is 2.06. The van der Waals surface area contributed by atoms with E-state index in [1.807, 2.05) is 42.5 Å². The molecule has 3 rings (SSSR count). The highest BCUT2D eigenvalue weighted by Crippen LogP contribution is 2.27.